The van der Waals surface area contributed by atoms with Gasteiger partial charge >= 0.3 is 0 Å². The van der Waals surface area contributed by atoms with Gasteiger partial charge in [0.25, 0.3) is 0 Å². The van der Waals surface area contributed by atoms with Crippen LogP contribution in [0.1, 0.15) is 51.9 Å². The van der Waals surface area contributed by atoms with E-state index in [1.807, 2.05) is 7.05 Å². The van der Waals surface area contributed by atoms with E-state index in [9.17, 15) is 0 Å². The molecule has 0 aromatic rings. The lowest BCUT2D eigenvalue weighted by molar-refractivity contribution is -0.122. The Kier molecular flexibility index (Phi) is 5.46. The summed E-state index contributed by atoms with van der Waals surface area (Å²) in [5.74, 6) is 0.865. The molecule has 0 spiro atoms. The molecular weight excluding hydrogens is 226 g/mol. The number of nitrogens with one attached hydrogen (secondary N) is 1. The fourth-order valence-corrected chi connectivity index (χ4v) is 3.19. The summed E-state index contributed by atoms with van der Waals surface area (Å²) >= 11 is 0. The zero-order chi connectivity index (χ0) is 12.8. The normalized spacial score (nSPS) is 37.7. The van der Waals surface area contributed by atoms with Crippen molar-refractivity contribution in [3.8, 4) is 0 Å². The molecule has 2 fully saturated rings. The van der Waals surface area contributed by atoms with Crippen molar-refractivity contribution in [3.63, 3.8) is 0 Å². The second-order valence-corrected chi connectivity index (χ2v) is 6.20. The van der Waals surface area contributed by atoms with Gasteiger partial charge in [-0.1, -0.05) is 6.92 Å². The minimum absolute atomic E-state index is 0.0715. The van der Waals surface area contributed by atoms with E-state index < -0.39 is 0 Å². The molecule has 1 aliphatic carbocycles. The lowest BCUT2D eigenvalue weighted by Crippen LogP contribution is -2.46. The van der Waals surface area contributed by atoms with Crippen LogP contribution in [0.15, 0.2) is 0 Å². The summed E-state index contributed by atoms with van der Waals surface area (Å²) in [5.41, 5.74) is 0.0715. The Bertz CT molecular complexity index is 231. The van der Waals surface area contributed by atoms with Gasteiger partial charge in [0.15, 0.2) is 0 Å². The third-order valence-electron chi connectivity index (χ3n) is 4.53. The van der Waals surface area contributed by atoms with Gasteiger partial charge in [0.05, 0.1) is 18.3 Å². The summed E-state index contributed by atoms with van der Waals surface area (Å²) in [6.45, 7) is 5.04. The monoisotopic (exact) mass is 255 g/mol. The van der Waals surface area contributed by atoms with Crippen LogP contribution in [0.5, 0.6) is 0 Å². The van der Waals surface area contributed by atoms with Crippen LogP contribution in [-0.4, -0.2) is 38.5 Å². The zero-order valence-electron chi connectivity index (χ0n) is 12.0. The van der Waals surface area contributed by atoms with E-state index in [0.29, 0.717) is 6.10 Å². The molecule has 1 aliphatic heterocycles. The molecule has 0 aromatic heterocycles. The van der Waals surface area contributed by atoms with Gasteiger partial charge in [-0.3, -0.25) is 0 Å². The van der Waals surface area contributed by atoms with E-state index in [2.05, 4.69) is 12.2 Å². The summed E-state index contributed by atoms with van der Waals surface area (Å²) in [4.78, 5) is 0. The average molecular weight is 255 g/mol. The molecule has 3 nitrogen and oxygen atoms in total. The average Bonchev–Trinajstić information content (AvgIpc) is 2.41. The second-order valence-electron chi connectivity index (χ2n) is 6.20. The highest BCUT2D eigenvalue weighted by molar-refractivity contribution is 4.88. The molecule has 0 amide bonds. The highest BCUT2D eigenvalue weighted by Crippen LogP contribution is 2.34. The third kappa shape index (κ3) is 3.94. The molecular formula is C15H29NO2. The molecule has 1 saturated carbocycles. The highest BCUT2D eigenvalue weighted by Gasteiger charge is 2.35. The molecule has 18 heavy (non-hydrogen) atoms. The maximum atomic E-state index is 6.31. The van der Waals surface area contributed by atoms with Gasteiger partial charge in [0.2, 0.25) is 0 Å². The third-order valence-corrected chi connectivity index (χ3v) is 4.53. The van der Waals surface area contributed by atoms with Crippen molar-refractivity contribution in [1.82, 2.24) is 5.32 Å². The zero-order valence-corrected chi connectivity index (χ0v) is 12.0. The van der Waals surface area contributed by atoms with Crippen LogP contribution in [0.2, 0.25) is 0 Å². The minimum Gasteiger partial charge on any atom is -0.376 e. The first kappa shape index (κ1) is 14.3. The van der Waals surface area contributed by atoms with Gasteiger partial charge in [0, 0.05) is 13.2 Å². The molecule has 1 atom stereocenters. The first-order valence-electron chi connectivity index (χ1n) is 7.64. The number of rotatable bonds is 5. The minimum atomic E-state index is 0.0715. The molecule has 0 aromatic carbocycles. The van der Waals surface area contributed by atoms with Crippen LogP contribution in [0.4, 0.5) is 0 Å². The lowest BCUT2D eigenvalue weighted by atomic mass is 9.79. The van der Waals surface area contributed by atoms with Crippen molar-refractivity contribution in [3.05, 3.63) is 0 Å². The molecule has 1 N–H and O–H groups in total. The van der Waals surface area contributed by atoms with Gasteiger partial charge in [-0.25, -0.2) is 0 Å². The Morgan fingerprint density at radius 3 is 2.61 bits per heavy atom. The molecule has 1 saturated heterocycles. The van der Waals surface area contributed by atoms with Crippen molar-refractivity contribution >= 4 is 0 Å². The van der Waals surface area contributed by atoms with Crippen molar-refractivity contribution in [2.24, 2.45) is 5.92 Å². The van der Waals surface area contributed by atoms with Crippen LogP contribution >= 0.6 is 0 Å². The Morgan fingerprint density at radius 2 is 2.00 bits per heavy atom. The van der Waals surface area contributed by atoms with E-state index in [-0.39, 0.29) is 5.60 Å². The van der Waals surface area contributed by atoms with Crippen LogP contribution < -0.4 is 5.32 Å². The molecule has 2 aliphatic rings. The van der Waals surface area contributed by atoms with Gasteiger partial charge in [-0.05, 0) is 57.9 Å². The van der Waals surface area contributed by atoms with E-state index in [1.165, 1.54) is 44.9 Å². The molecule has 106 valence electrons. The molecule has 1 unspecified atom stereocenters. The summed E-state index contributed by atoms with van der Waals surface area (Å²) in [5, 5.41) is 3.32. The quantitative estimate of drug-likeness (QED) is 0.819. The van der Waals surface area contributed by atoms with E-state index in [4.69, 9.17) is 9.47 Å². The number of ether oxygens (including phenoxy) is 2. The van der Waals surface area contributed by atoms with Gasteiger partial charge in [0.1, 0.15) is 0 Å². The molecule has 1 heterocycles. The predicted molar refractivity (Wildman–Crippen MR) is 73.8 cm³/mol. The highest BCUT2D eigenvalue weighted by atomic mass is 16.5. The maximum absolute atomic E-state index is 6.31. The fourth-order valence-electron chi connectivity index (χ4n) is 3.19. The maximum Gasteiger partial charge on any atom is 0.0808 e. The molecule has 3 heteroatoms. The summed E-state index contributed by atoms with van der Waals surface area (Å²) in [7, 11) is 2.03. The summed E-state index contributed by atoms with van der Waals surface area (Å²) in [6, 6.07) is 0. The number of likely N-dealkylation sites (N-methyl/N-ethyl adjacent to an activating group) is 1. The Balaban J connectivity index is 1.81. The summed E-state index contributed by atoms with van der Waals surface area (Å²) in [6.07, 6.45) is 9.02. The van der Waals surface area contributed by atoms with Gasteiger partial charge in [-0.15, -0.1) is 0 Å². The SMILES string of the molecule is CNCC1(OCC2CCCCO2)CCC(C)CC1. The van der Waals surface area contributed by atoms with Crippen LogP contribution in [-0.2, 0) is 9.47 Å². The summed E-state index contributed by atoms with van der Waals surface area (Å²) < 4.78 is 12.1. The van der Waals surface area contributed by atoms with Gasteiger partial charge in [-0.2, -0.15) is 0 Å². The Labute approximate surface area is 112 Å². The van der Waals surface area contributed by atoms with Crippen molar-refractivity contribution in [1.29, 1.82) is 0 Å². The molecule has 0 bridgehead atoms. The first-order chi connectivity index (χ1) is 8.74. The van der Waals surface area contributed by atoms with E-state index in [1.54, 1.807) is 0 Å². The smallest absolute Gasteiger partial charge is 0.0808 e. The van der Waals surface area contributed by atoms with Crippen molar-refractivity contribution in [2.45, 2.75) is 63.6 Å². The first-order valence-corrected chi connectivity index (χ1v) is 7.64. The fraction of sp³-hybridized carbons (Fsp3) is 1.00. The van der Waals surface area contributed by atoms with Gasteiger partial charge < -0.3 is 14.8 Å². The number of hydrogen-bond acceptors (Lipinski definition) is 3. The van der Waals surface area contributed by atoms with E-state index >= 15 is 0 Å². The van der Waals surface area contributed by atoms with Crippen LogP contribution in [0.3, 0.4) is 0 Å². The Hall–Kier alpha value is -0.120. The van der Waals surface area contributed by atoms with Crippen LogP contribution in [0.25, 0.3) is 0 Å². The van der Waals surface area contributed by atoms with E-state index in [0.717, 1.165) is 25.7 Å². The number of hydrogen-bond donors (Lipinski definition) is 1. The molecule has 0 radical (unpaired) electrons. The van der Waals surface area contributed by atoms with Crippen molar-refractivity contribution < 1.29 is 9.47 Å². The lowest BCUT2D eigenvalue weighted by Gasteiger charge is -2.40. The topological polar surface area (TPSA) is 30.5 Å². The molecule has 2 rings (SSSR count). The Morgan fingerprint density at radius 1 is 1.22 bits per heavy atom. The largest absolute Gasteiger partial charge is 0.376 e. The van der Waals surface area contributed by atoms with Crippen LogP contribution in [0, 0.1) is 5.92 Å². The van der Waals surface area contributed by atoms with Crippen molar-refractivity contribution in [2.75, 3.05) is 26.8 Å². The predicted octanol–water partition coefficient (Wildman–Crippen LogP) is 2.74. The standard InChI is InChI=1S/C15H29NO2/c1-13-6-8-15(9-7-13,12-16-2)18-11-14-5-3-4-10-17-14/h13-14,16H,3-12H2,1-2H3. The second kappa shape index (κ2) is 6.88.